The molecule has 6 nitrogen and oxygen atoms in total. The van der Waals surface area contributed by atoms with E-state index in [1.807, 2.05) is 26.0 Å². The molecule has 0 aliphatic heterocycles. The fraction of sp³-hybridized carbons (Fsp3) is 0.542. The molecule has 2 amide bonds. The van der Waals surface area contributed by atoms with Crippen LogP contribution < -0.4 is 15.4 Å². The van der Waals surface area contributed by atoms with Crippen LogP contribution in [0.1, 0.15) is 80.4 Å². The van der Waals surface area contributed by atoms with E-state index in [4.69, 9.17) is 4.74 Å². The van der Waals surface area contributed by atoms with Crippen LogP contribution in [0.3, 0.4) is 0 Å². The van der Waals surface area contributed by atoms with Gasteiger partial charge in [0.15, 0.2) is 0 Å². The average Bonchev–Trinajstić information content (AvgIpc) is 3.23. The number of amides is 2. The van der Waals surface area contributed by atoms with E-state index in [0.717, 1.165) is 36.4 Å². The van der Waals surface area contributed by atoms with Crippen molar-refractivity contribution in [1.82, 2.24) is 15.6 Å². The SMILES string of the molecule is CC(C)C(=O)NC1CCCCC1NC(=O)c1csc(COc2ccc(C(C)C)cc2)n1. The second-order valence-electron chi connectivity index (χ2n) is 8.77. The topological polar surface area (TPSA) is 80.3 Å². The summed E-state index contributed by atoms with van der Waals surface area (Å²) in [5.74, 6) is 1.04. The normalized spacial score (nSPS) is 18.8. The molecule has 1 aromatic heterocycles. The fourth-order valence-corrected chi connectivity index (χ4v) is 4.33. The molecule has 2 unspecified atom stereocenters. The molecule has 2 N–H and O–H groups in total. The maximum absolute atomic E-state index is 12.7. The molecule has 1 aromatic carbocycles. The van der Waals surface area contributed by atoms with Gasteiger partial charge in [0, 0.05) is 23.4 Å². The number of thiazole rings is 1. The molecule has 2 atom stereocenters. The summed E-state index contributed by atoms with van der Waals surface area (Å²) < 4.78 is 5.82. The van der Waals surface area contributed by atoms with E-state index in [9.17, 15) is 9.59 Å². The number of nitrogens with zero attached hydrogens (tertiary/aromatic N) is 1. The van der Waals surface area contributed by atoms with Gasteiger partial charge in [-0.25, -0.2) is 4.98 Å². The Balaban J connectivity index is 1.54. The second kappa shape index (κ2) is 10.8. The molecule has 31 heavy (non-hydrogen) atoms. The number of hydrogen-bond acceptors (Lipinski definition) is 5. The van der Waals surface area contributed by atoms with Crippen LogP contribution in [0.25, 0.3) is 0 Å². The van der Waals surface area contributed by atoms with Crippen LogP contribution >= 0.6 is 11.3 Å². The molecule has 0 saturated heterocycles. The van der Waals surface area contributed by atoms with E-state index in [2.05, 4.69) is 41.6 Å². The number of carbonyl (C=O) groups is 2. The molecular weight excluding hydrogens is 410 g/mol. The van der Waals surface area contributed by atoms with E-state index in [1.54, 1.807) is 5.38 Å². The first-order chi connectivity index (χ1) is 14.8. The first-order valence-electron chi connectivity index (χ1n) is 11.1. The molecule has 0 bridgehead atoms. The molecule has 1 aliphatic carbocycles. The van der Waals surface area contributed by atoms with Gasteiger partial charge in [-0.1, -0.05) is 52.7 Å². The zero-order chi connectivity index (χ0) is 22.4. The molecule has 7 heteroatoms. The Kier molecular flexibility index (Phi) is 8.07. The molecule has 1 saturated carbocycles. The molecular formula is C24H33N3O3S. The lowest BCUT2D eigenvalue weighted by atomic mass is 9.89. The molecule has 3 rings (SSSR count). The van der Waals surface area contributed by atoms with Crippen molar-refractivity contribution in [2.75, 3.05) is 0 Å². The minimum atomic E-state index is -0.195. The van der Waals surface area contributed by atoms with Gasteiger partial charge in [0.25, 0.3) is 5.91 Å². The Morgan fingerprint density at radius 3 is 2.32 bits per heavy atom. The van der Waals surface area contributed by atoms with Gasteiger partial charge in [-0.2, -0.15) is 0 Å². The summed E-state index contributed by atoms with van der Waals surface area (Å²) in [6.07, 6.45) is 3.85. The highest BCUT2D eigenvalue weighted by Crippen LogP contribution is 2.22. The number of ether oxygens (including phenoxy) is 1. The van der Waals surface area contributed by atoms with Crippen molar-refractivity contribution in [2.45, 2.75) is 78.0 Å². The smallest absolute Gasteiger partial charge is 0.271 e. The average molecular weight is 444 g/mol. The van der Waals surface area contributed by atoms with Gasteiger partial charge in [-0.15, -0.1) is 11.3 Å². The largest absolute Gasteiger partial charge is 0.486 e. The quantitative estimate of drug-likeness (QED) is 0.622. The number of aromatic nitrogens is 1. The van der Waals surface area contributed by atoms with Crippen molar-refractivity contribution in [3.63, 3.8) is 0 Å². The molecule has 2 aromatic rings. The Labute approximate surface area is 188 Å². The third kappa shape index (κ3) is 6.53. The van der Waals surface area contributed by atoms with E-state index in [1.165, 1.54) is 16.9 Å². The van der Waals surface area contributed by atoms with Crippen molar-refractivity contribution >= 4 is 23.2 Å². The lowest BCUT2D eigenvalue weighted by Crippen LogP contribution is -2.53. The van der Waals surface area contributed by atoms with Gasteiger partial charge in [0.1, 0.15) is 23.1 Å². The minimum Gasteiger partial charge on any atom is -0.486 e. The van der Waals surface area contributed by atoms with Gasteiger partial charge in [0.2, 0.25) is 5.91 Å². The summed E-state index contributed by atoms with van der Waals surface area (Å²) in [7, 11) is 0. The predicted molar refractivity (Wildman–Crippen MR) is 123 cm³/mol. The van der Waals surface area contributed by atoms with E-state index in [-0.39, 0.29) is 29.8 Å². The third-order valence-electron chi connectivity index (χ3n) is 5.63. The number of hydrogen-bond donors (Lipinski definition) is 2. The summed E-state index contributed by atoms with van der Waals surface area (Å²) in [5.41, 5.74) is 1.67. The van der Waals surface area contributed by atoms with Crippen LogP contribution in [-0.4, -0.2) is 28.9 Å². The van der Waals surface area contributed by atoms with Crippen molar-refractivity contribution in [3.05, 3.63) is 45.9 Å². The number of rotatable bonds is 8. The fourth-order valence-electron chi connectivity index (χ4n) is 3.64. The standard InChI is InChI=1S/C24H33N3O3S/c1-15(2)17-9-11-18(12-10-17)30-13-22-25-21(14-31-22)24(29)27-20-8-6-5-7-19(20)26-23(28)16(3)4/h9-12,14-16,19-20H,5-8,13H2,1-4H3,(H,26,28)(H,27,29). The highest BCUT2D eigenvalue weighted by atomic mass is 32.1. The van der Waals surface area contributed by atoms with E-state index >= 15 is 0 Å². The van der Waals surface area contributed by atoms with Crippen molar-refractivity contribution in [3.8, 4) is 5.75 Å². The Morgan fingerprint density at radius 2 is 1.71 bits per heavy atom. The number of carbonyl (C=O) groups excluding carboxylic acids is 2. The molecule has 0 spiro atoms. The third-order valence-corrected chi connectivity index (χ3v) is 6.45. The van der Waals surface area contributed by atoms with E-state index < -0.39 is 0 Å². The molecule has 0 radical (unpaired) electrons. The summed E-state index contributed by atoms with van der Waals surface area (Å²) >= 11 is 1.42. The first-order valence-corrected chi connectivity index (χ1v) is 12.0. The van der Waals surface area contributed by atoms with Gasteiger partial charge < -0.3 is 15.4 Å². The van der Waals surface area contributed by atoms with Gasteiger partial charge in [-0.05, 0) is 36.5 Å². The second-order valence-corrected chi connectivity index (χ2v) is 9.72. The molecule has 1 aliphatic rings. The zero-order valence-electron chi connectivity index (χ0n) is 18.8. The minimum absolute atomic E-state index is 0.0251. The Hall–Kier alpha value is -2.41. The van der Waals surface area contributed by atoms with E-state index in [0.29, 0.717) is 18.2 Å². The molecule has 168 valence electrons. The summed E-state index contributed by atoms with van der Waals surface area (Å²) in [5, 5.41) is 8.69. The van der Waals surface area contributed by atoms with Gasteiger partial charge in [0.05, 0.1) is 0 Å². The number of nitrogens with one attached hydrogen (secondary N) is 2. The summed E-state index contributed by atoms with van der Waals surface area (Å²) in [6.45, 7) is 8.40. The maximum atomic E-state index is 12.7. The van der Waals surface area contributed by atoms with Crippen molar-refractivity contribution < 1.29 is 14.3 Å². The van der Waals surface area contributed by atoms with Crippen molar-refractivity contribution in [1.29, 1.82) is 0 Å². The van der Waals surface area contributed by atoms with Crippen LogP contribution in [0.4, 0.5) is 0 Å². The highest BCUT2D eigenvalue weighted by Gasteiger charge is 2.29. The van der Waals surface area contributed by atoms with Crippen LogP contribution in [0.5, 0.6) is 5.75 Å². The van der Waals surface area contributed by atoms with Crippen molar-refractivity contribution in [2.24, 2.45) is 5.92 Å². The molecule has 1 heterocycles. The summed E-state index contributed by atoms with van der Waals surface area (Å²) in [6, 6.07) is 7.97. The zero-order valence-corrected chi connectivity index (χ0v) is 19.6. The Bertz CT molecular complexity index is 876. The maximum Gasteiger partial charge on any atom is 0.271 e. The van der Waals surface area contributed by atoms with Gasteiger partial charge in [-0.3, -0.25) is 9.59 Å². The summed E-state index contributed by atoms with van der Waals surface area (Å²) in [4.78, 5) is 29.3. The number of benzene rings is 1. The predicted octanol–water partition coefficient (Wildman–Crippen LogP) is 4.66. The van der Waals surface area contributed by atoms with Crippen LogP contribution in [0.15, 0.2) is 29.6 Å². The first kappa shape index (κ1) is 23.3. The van der Waals surface area contributed by atoms with Crippen LogP contribution in [0, 0.1) is 5.92 Å². The van der Waals surface area contributed by atoms with Crippen LogP contribution in [-0.2, 0) is 11.4 Å². The lowest BCUT2D eigenvalue weighted by Gasteiger charge is -2.33. The molecule has 1 fully saturated rings. The van der Waals surface area contributed by atoms with Crippen LogP contribution in [0.2, 0.25) is 0 Å². The van der Waals surface area contributed by atoms with Gasteiger partial charge >= 0.3 is 0 Å². The lowest BCUT2D eigenvalue weighted by molar-refractivity contribution is -0.125. The monoisotopic (exact) mass is 443 g/mol. The highest BCUT2D eigenvalue weighted by molar-refractivity contribution is 7.09. The Morgan fingerprint density at radius 1 is 1.06 bits per heavy atom.